The molecule has 2 N–H and O–H groups in total. The maximum absolute atomic E-state index is 13.9. The minimum absolute atomic E-state index is 0.0704. The summed E-state index contributed by atoms with van der Waals surface area (Å²) in [6.45, 7) is 13.8. The Labute approximate surface area is 229 Å². The maximum Gasteiger partial charge on any atom is 0.410 e. The van der Waals surface area contributed by atoms with Crippen LogP contribution in [0, 0.1) is 23.0 Å². The smallest absolute Gasteiger partial charge is 0.410 e. The van der Waals surface area contributed by atoms with Crippen LogP contribution in [0.5, 0.6) is 5.75 Å². The largest absolute Gasteiger partial charge is 0.493 e. The summed E-state index contributed by atoms with van der Waals surface area (Å²) in [6.07, 6.45) is 0.118. The van der Waals surface area contributed by atoms with E-state index in [9.17, 15) is 23.2 Å². The number of ether oxygens (including phenoxy) is 2. The lowest BCUT2D eigenvalue weighted by atomic mass is 9.85. The molecule has 2 heterocycles. The van der Waals surface area contributed by atoms with Crippen molar-refractivity contribution in [2.24, 2.45) is 11.3 Å². The minimum Gasteiger partial charge on any atom is -0.493 e. The van der Waals surface area contributed by atoms with E-state index in [4.69, 9.17) is 9.47 Å². The Morgan fingerprint density at radius 1 is 1.15 bits per heavy atom. The van der Waals surface area contributed by atoms with Crippen LogP contribution in [0.25, 0.3) is 0 Å². The third-order valence-corrected chi connectivity index (χ3v) is 7.26. The summed E-state index contributed by atoms with van der Waals surface area (Å²) >= 11 is 0. The molecule has 0 spiro atoms. The number of hydrogen-bond donors (Lipinski definition) is 2. The monoisotopic (exact) mass is 552 g/mol. The highest BCUT2D eigenvalue weighted by Crippen LogP contribution is 2.33. The second-order valence-corrected chi connectivity index (χ2v) is 12.5. The number of benzene rings is 1. The van der Waals surface area contributed by atoms with E-state index in [1.54, 1.807) is 32.6 Å². The lowest BCUT2D eigenvalue weighted by Gasteiger charge is -2.38. The third kappa shape index (κ3) is 7.38. The molecule has 2 fully saturated rings. The van der Waals surface area contributed by atoms with Crippen molar-refractivity contribution in [1.82, 2.24) is 20.4 Å². The Morgan fingerprint density at radius 2 is 1.82 bits per heavy atom. The molecular weight excluding hydrogens is 510 g/mol. The number of amides is 3. The Balaban J connectivity index is 1.71. The van der Waals surface area contributed by atoms with E-state index in [2.05, 4.69) is 10.6 Å². The fraction of sp³-hybridized carbons (Fsp3) is 0.679. The predicted molar refractivity (Wildman–Crippen MR) is 142 cm³/mol. The van der Waals surface area contributed by atoms with E-state index in [-0.39, 0.29) is 36.3 Å². The number of nitrogens with zero attached hydrogens (tertiary/aromatic N) is 2. The van der Waals surface area contributed by atoms with Gasteiger partial charge in [-0.25, -0.2) is 13.6 Å². The molecule has 0 aliphatic carbocycles. The van der Waals surface area contributed by atoms with Crippen molar-refractivity contribution in [2.45, 2.75) is 84.7 Å². The standard InChI is InChI=1S/C28H42F2N4O5/c1-16(33(8)26(37)39-28(5,6)7)24(35)32-23(27(2,3)4)25(36)34-12-11-21-22(34)17(14-31-21)15-38-18-9-10-19(29)20(30)13-18/h9-10,13,16-17,21-23,31H,11-12,14-15H2,1-8H3,(H,32,35)/t16-,17+,21+,22+,23+/m0/s1. The number of fused-ring (bicyclic) bond motifs is 1. The van der Waals surface area contributed by atoms with E-state index >= 15 is 0 Å². The zero-order valence-corrected chi connectivity index (χ0v) is 24.1. The maximum atomic E-state index is 13.9. The Hall–Kier alpha value is -2.95. The van der Waals surface area contributed by atoms with Crippen LogP contribution in [0.3, 0.4) is 0 Å². The molecule has 0 saturated carbocycles. The fourth-order valence-electron chi connectivity index (χ4n) is 4.97. The van der Waals surface area contributed by atoms with Crippen molar-refractivity contribution < 1.29 is 32.6 Å². The average molecular weight is 553 g/mol. The van der Waals surface area contributed by atoms with Crippen LogP contribution in [-0.2, 0) is 14.3 Å². The second-order valence-electron chi connectivity index (χ2n) is 12.5. The van der Waals surface area contributed by atoms with Gasteiger partial charge in [-0.15, -0.1) is 0 Å². The number of nitrogens with one attached hydrogen (secondary N) is 2. The zero-order chi connectivity index (χ0) is 29.3. The highest BCUT2D eigenvalue weighted by atomic mass is 19.2. The van der Waals surface area contributed by atoms with Crippen LogP contribution < -0.4 is 15.4 Å². The van der Waals surface area contributed by atoms with E-state index in [0.29, 0.717) is 13.1 Å². The lowest BCUT2D eigenvalue weighted by Crippen LogP contribution is -2.60. The molecule has 2 aliphatic rings. The van der Waals surface area contributed by atoms with Gasteiger partial charge in [-0.2, -0.15) is 0 Å². The summed E-state index contributed by atoms with van der Waals surface area (Å²) in [7, 11) is 1.49. The number of likely N-dealkylation sites (tertiary alicyclic amines) is 1. The number of carbonyl (C=O) groups excluding carboxylic acids is 3. The summed E-state index contributed by atoms with van der Waals surface area (Å²) in [6, 6.07) is 1.58. The molecule has 39 heavy (non-hydrogen) atoms. The third-order valence-electron chi connectivity index (χ3n) is 7.26. The second kappa shape index (κ2) is 11.7. The van der Waals surface area contributed by atoms with Crippen molar-refractivity contribution in [3.8, 4) is 5.75 Å². The van der Waals surface area contributed by atoms with E-state index < -0.39 is 46.7 Å². The van der Waals surface area contributed by atoms with Crippen molar-refractivity contribution in [1.29, 1.82) is 0 Å². The van der Waals surface area contributed by atoms with Crippen LogP contribution >= 0.6 is 0 Å². The molecule has 3 rings (SSSR count). The quantitative estimate of drug-likeness (QED) is 0.539. The van der Waals surface area contributed by atoms with Gasteiger partial charge in [-0.3, -0.25) is 14.5 Å². The van der Waals surface area contributed by atoms with Crippen LogP contribution in [-0.4, -0.2) is 84.2 Å². The first-order valence-electron chi connectivity index (χ1n) is 13.4. The van der Waals surface area contributed by atoms with Crippen molar-refractivity contribution >= 4 is 17.9 Å². The first kappa shape index (κ1) is 30.6. The molecule has 9 nitrogen and oxygen atoms in total. The van der Waals surface area contributed by atoms with Gasteiger partial charge in [-0.05, 0) is 51.7 Å². The van der Waals surface area contributed by atoms with Gasteiger partial charge in [-0.1, -0.05) is 20.8 Å². The highest BCUT2D eigenvalue weighted by Gasteiger charge is 2.49. The highest BCUT2D eigenvalue weighted by molar-refractivity contribution is 5.92. The van der Waals surface area contributed by atoms with Crippen molar-refractivity contribution in [3.63, 3.8) is 0 Å². The summed E-state index contributed by atoms with van der Waals surface area (Å²) in [4.78, 5) is 42.6. The molecule has 2 aliphatic heterocycles. The van der Waals surface area contributed by atoms with E-state index in [1.807, 2.05) is 20.8 Å². The summed E-state index contributed by atoms with van der Waals surface area (Å²) in [5, 5.41) is 6.33. The van der Waals surface area contributed by atoms with Gasteiger partial charge < -0.3 is 25.0 Å². The molecule has 0 unspecified atom stereocenters. The number of carbonyl (C=O) groups is 3. The molecule has 1 aromatic carbocycles. The molecule has 5 atom stereocenters. The van der Waals surface area contributed by atoms with Crippen molar-refractivity contribution in [3.05, 3.63) is 29.8 Å². The van der Waals surface area contributed by atoms with Gasteiger partial charge in [0.2, 0.25) is 11.8 Å². The fourth-order valence-corrected chi connectivity index (χ4v) is 4.97. The van der Waals surface area contributed by atoms with Crippen LogP contribution in [0.2, 0.25) is 0 Å². The summed E-state index contributed by atoms with van der Waals surface area (Å²) in [5.41, 5.74) is -1.32. The molecule has 0 bridgehead atoms. The van der Waals surface area contributed by atoms with Gasteiger partial charge >= 0.3 is 6.09 Å². The topological polar surface area (TPSA) is 100 Å². The van der Waals surface area contributed by atoms with Crippen molar-refractivity contribution in [2.75, 3.05) is 26.7 Å². The first-order chi connectivity index (χ1) is 18.0. The molecule has 11 heteroatoms. The Morgan fingerprint density at radius 3 is 2.41 bits per heavy atom. The first-order valence-corrected chi connectivity index (χ1v) is 13.4. The van der Waals surface area contributed by atoms with Crippen LogP contribution in [0.1, 0.15) is 54.9 Å². The molecule has 218 valence electrons. The molecule has 2 saturated heterocycles. The van der Waals surface area contributed by atoms with E-state index in [1.165, 1.54) is 18.0 Å². The Bertz CT molecular complexity index is 1070. The van der Waals surface area contributed by atoms with Gasteiger partial charge in [0.1, 0.15) is 23.4 Å². The number of rotatable bonds is 7. The number of likely N-dealkylation sites (N-methyl/N-ethyl adjacent to an activating group) is 1. The molecule has 1 aromatic rings. The Kier molecular flexibility index (Phi) is 9.14. The van der Waals surface area contributed by atoms with Gasteiger partial charge in [0.25, 0.3) is 0 Å². The van der Waals surface area contributed by atoms with Crippen LogP contribution in [0.4, 0.5) is 13.6 Å². The predicted octanol–water partition coefficient (Wildman–Crippen LogP) is 3.32. The lowest BCUT2D eigenvalue weighted by molar-refractivity contribution is -0.141. The molecule has 0 radical (unpaired) electrons. The number of halogens is 2. The van der Waals surface area contributed by atoms with E-state index in [0.717, 1.165) is 18.6 Å². The normalized spacial score (nSPS) is 22.6. The van der Waals surface area contributed by atoms with Gasteiger partial charge in [0.05, 0.1) is 12.6 Å². The summed E-state index contributed by atoms with van der Waals surface area (Å²) in [5.74, 6) is -2.46. The molecule has 3 amide bonds. The molecule has 0 aromatic heterocycles. The SMILES string of the molecule is C[C@@H](C(=O)N[C@H](C(=O)N1CC[C@H]2NC[C@H](COc3ccc(F)c(F)c3)[C@H]21)C(C)(C)C)N(C)C(=O)OC(C)(C)C. The zero-order valence-electron chi connectivity index (χ0n) is 24.1. The summed E-state index contributed by atoms with van der Waals surface area (Å²) < 4.78 is 38.0. The number of hydrogen-bond acceptors (Lipinski definition) is 6. The minimum atomic E-state index is -0.983. The average Bonchev–Trinajstić information content (AvgIpc) is 3.42. The van der Waals surface area contributed by atoms with Gasteiger partial charge in [0.15, 0.2) is 11.6 Å². The van der Waals surface area contributed by atoms with Crippen LogP contribution in [0.15, 0.2) is 18.2 Å². The van der Waals surface area contributed by atoms with Gasteiger partial charge in [0, 0.05) is 38.2 Å². The molecular formula is C28H42F2N4O5.